The topological polar surface area (TPSA) is 109 Å². The number of urea groups is 1. The Labute approximate surface area is 191 Å². The summed E-state index contributed by atoms with van der Waals surface area (Å²) in [5.41, 5.74) is 2.73. The highest BCUT2D eigenvalue weighted by molar-refractivity contribution is 7.99. The third kappa shape index (κ3) is 4.50. The number of hydrazine groups is 1. The Hall–Kier alpha value is -2.88. The Bertz CT molecular complexity index is 1000. The molecular formula is C22H28N6O3S. The molecule has 1 saturated heterocycles. The average molecular weight is 457 g/mol. The number of amides is 4. The van der Waals surface area contributed by atoms with Crippen LogP contribution in [0.5, 0.6) is 0 Å². The summed E-state index contributed by atoms with van der Waals surface area (Å²) in [6.07, 6.45) is 3.61. The third-order valence-corrected chi connectivity index (χ3v) is 7.14. The highest BCUT2D eigenvalue weighted by atomic mass is 32.2. The first-order valence-corrected chi connectivity index (χ1v) is 12.0. The van der Waals surface area contributed by atoms with E-state index in [1.54, 1.807) is 0 Å². The van der Waals surface area contributed by atoms with Crippen LogP contribution in [-0.2, 0) is 22.6 Å². The van der Waals surface area contributed by atoms with E-state index in [4.69, 9.17) is 0 Å². The quantitative estimate of drug-likeness (QED) is 0.489. The highest BCUT2D eigenvalue weighted by Crippen LogP contribution is 2.35. The molecule has 1 aliphatic heterocycles. The Morgan fingerprint density at radius 2 is 1.94 bits per heavy atom. The van der Waals surface area contributed by atoms with E-state index in [1.165, 1.54) is 11.8 Å². The summed E-state index contributed by atoms with van der Waals surface area (Å²) in [5, 5.41) is 12.8. The molecule has 1 aromatic carbocycles. The van der Waals surface area contributed by atoms with E-state index in [0.29, 0.717) is 36.9 Å². The number of nitrogens with one attached hydrogen (secondary N) is 2. The molecule has 0 radical (unpaired) electrons. The Morgan fingerprint density at radius 1 is 1.22 bits per heavy atom. The van der Waals surface area contributed by atoms with Gasteiger partial charge in [-0.05, 0) is 44.1 Å². The molecule has 1 spiro atoms. The molecule has 4 amide bonds. The van der Waals surface area contributed by atoms with Gasteiger partial charge in [0.1, 0.15) is 11.4 Å². The van der Waals surface area contributed by atoms with Gasteiger partial charge in [-0.25, -0.2) is 4.79 Å². The first-order chi connectivity index (χ1) is 15.4. The van der Waals surface area contributed by atoms with Crippen molar-refractivity contribution in [2.75, 3.05) is 5.75 Å². The third-order valence-electron chi connectivity index (χ3n) is 6.17. The van der Waals surface area contributed by atoms with Gasteiger partial charge in [0.2, 0.25) is 5.91 Å². The zero-order valence-corrected chi connectivity index (χ0v) is 19.2. The molecule has 1 saturated carbocycles. The fraction of sp³-hybridized carbons (Fsp3) is 0.500. The molecule has 2 N–H and O–H groups in total. The number of hydrogen-bond donors (Lipinski definition) is 2. The van der Waals surface area contributed by atoms with Crippen molar-refractivity contribution in [3.05, 3.63) is 41.7 Å². The second kappa shape index (κ2) is 9.32. The monoisotopic (exact) mass is 456 g/mol. The zero-order valence-electron chi connectivity index (χ0n) is 18.3. The van der Waals surface area contributed by atoms with Crippen LogP contribution in [0.3, 0.4) is 0 Å². The number of aromatic nitrogens is 3. The van der Waals surface area contributed by atoms with Crippen LogP contribution in [0, 0.1) is 5.92 Å². The van der Waals surface area contributed by atoms with Crippen LogP contribution in [0.1, 0.15) is 50.9 Å². The first-order valence-electron chi connectivity index (χ1n) is 11.0. The maximum atomic E-state index is 12.9. The van der Waals surface area contributed by atoms with Gasteiger partial charge in [-0.3, -0.25) is 15.0 Å². The van der Waals surface area contributed by atoms with E-state index in [0.717, 1.165) is 29.2 Å². The summed E-state index contributed by atoms with van der Waals surface area (Å²) in [6, 6.07) is 9.44. The molecule has 2 fully saturated rings. The van der Waals surface area contributed by atoms with Crippen molar-refractivity contribution in [2.24, 2.45) is 5.92 Å². The van der Waals surface area contributed by atoms with E-state index in [2.05, 4.69) is 27.9 Å². The Morgan fingerprint density at radius 3 is 2.62 bits per heavy atom. The molecule has 1 aliphatic carbocycles. The van der Waals surface area contributed by atoms with Gasteiger partial charge in [-0.15, -0.1) is 10.2 Å². The Balaban J connectivity index is 1.35. The highest BCUT2D eigenvalue weighted by Gasteiger charge is 2.52. The van der Waals surface area contributed by atoms with Gasteiger partial charge in [0.15, 0.2) is 5.16 Å². The SMILES string of the molecule is CCn1c(Cc2ccccc2)nnc1SCC(=O)NN1C(=O)NC2(CCC(C)CC2)C1=O. The van der Waals surface area contributed by atoms with Gasteiger partial charge in [0.05, 0.1) is 5.75 Å². The number of nitrogens with zero attached hydrogens (tertiary/aromatic N) is 4. The van der Waals surface area contributed by atoms with Crippen molar-refractivity contribution in [1.29, 1.82) is 0 Å². The molecule has 2 aromatic rings. The van der Waals surface area contributed by atoms with Crippen LogP contribution in [0.25, 0.3) is 0 Å². The summed E-state index contributed by atoms with van der Waals surface area (Å²) in [5.74, 6) is 0.576. The molecule has 170 valence electrons. The largest absolute Gasteiger partial charge is 0.344 e. The van der Waals surface area contributed by atoms with Crippen LogP contribution < -0.4 is 10.7 Å². The van der Waals surface area contributed by atoms with E-state index < -0.39 is 17.5 Å². The molecule has 0 unspecified atom stereocenters. The minimum atomic E-state index is -0.876. The first kappa shape index (κ1) is 22.3. The lowest BCUT2D eigenvalue weighted by Crippen LogP contribution is -2.51. The van der Waals surface area contributed by atoms with E-state index in [9.17, 15) is 14.4 Å². The van der Waals surface area contributed by atoms with Crippen LogP contribution in [0.15, 0.2) is 35.5 Å². The molecule has 10 heteroatoms. The number of benzene rings is 1. The van der Waals surface area contributed by atoms with Crippen LogP contribution in [0.4, 0.5) is 4.79 Å². The van der Waals surface area contributed by atoms with Crippen molar-refractivity contribution >= 4 is 29.6 Å². The van der Waals surface area contributed by atoms with E-state index in [-0.39, 0.29) is 11.7 Å². The normalized spacial score (nSPS) is 22.9. The molecule has 32 heavy (non-hydrogen) atoms. The molecule has 2 heterocycles. The van der Waals surface area contributed by atoms with Gasteiger partial charge < -0.3 is 9.88 Å². The number of hydrogen-bond acceptors (Lipinski definition) is 6. The minimum Gasteiger partial charge on any atom is -0.322 e. The van der Waals surface area contributed by atoms with Crippen molar-refractivity contribution in [3.8, 4) is 0 Å². The van der Waals surface area contributed by atoms with Crippen molar-refractivity contribution in [1.82, 2.24) is 30.5 Å². The standard InChI is InChI=1S/C22H28N6O3S/c1-3-27-17(13-16-7-5-4-6-8-16)24-25-21(27)32-14-18(29)26-28-19(30)22(23-20(28)31)11-9-15(2)10-12-22/h4-8,15H,3,9-14H2,1-2H3,(H,23,31)(H,26,29). The number of imide groups is 1. The van der Waals surface area contributed by atoms with Gasteiger partial charge in [0, 0.05) is 13.0 Å². The molecular weight excluding hydrogens is 428 g/mol. The summed E-state index contributed by atoms with van der Waals surface area (Å²) in [7, 11) is 0. The fourth-order valence-corrected chi connectivity index (χ4v) is 5.07. The van der Waals surface area contributed by atoms with Gasteiger partial charge in [-0.2, -0.15) is 5.01 Å². The molecule has 2 aliphatic rings. The molecule has 0 atom stereocenters. The van der Waals surface area contributed by atoms with Gasteiger partial charge >= 0.3 is 6.03 Å². The lowest BCUT2D eigenvalue weighted by Gasteiger charge is -2.33. The number of carbonyl (C=O) groups is 3. The zero-order chi connectivity index (χ0) is 22.7. The molecule has 4 rings (SSSR count). The van der Waals surface area contributed by atoms with E-state index in [1.807, 2.05) is 41.8 Å². The number of rotatable bonds is 7. The maximum Gasteiger partial charge on any atom is 0.344 e. The summed E-state index contributed by atoms with van der Waals surface area (Å²) in [6.45, 7) is 4.82. The molecule has 1 aromatic heterocycles. The summed E-state index contributed by atoms with van der Waals surface area (Å²) >= 11 is 1.23. The maximum absolute atomic E-state index is 12.9. The van der Waals surface area contributed by atoms with Crippen LogP contribution in [-0.4, -0.2) is 48.9 Å². The fourth-order valence-electron chi connectivity index (χ4n) is 4.26. The van der Waals surface area contributed by atoms with Gasteiger partial charge in [-0.1, -0.05) is 49.0 Å². The lowest BCUT2D eigenvalue weighted by atomic mass is 9.77. The second-order valence-corrected chi connectivity index (χ2v) is 9.41. The average Bonchev–Trinajstić information content (AvgIpc) is 3.28. The smallest absolute Gasteiger partial charge is 0.322 e. The molecule has 9 nitrogen and oxygen atoms in total. The second-order valence-electron chi connectivity index (χ2n) is 8.46. The van der Waals surface area contributed by atoms with Crippen LogP contribution >= 0.6 is 11.8 Å². The van der Waals surface area contributed by atoms with Crippen molar-refractivity contribution in [2.45, 2.75) is 63.2 Å². The van der Waals surface area contributed by atoms with Crippen molar-refractivity contribution < 1.29 is 14.4 Å². The number of thioether (sulfide) groups is 1. The molecule has 0 bridgehead atoms. The van der Waals surface area contributed by atoms with Crippen molar-refractivity contribution in [3.63, 3.8) is 0 Å². The minimum absolute atomic E-state index is 0.0184. The number of carbonyl (C=O) groups excluding carboxylic acids is 3. The Kier molecular flexibility index (Phi) is 6.50. The van der Waals surface area contributed by atoms with Crippen LogP contribution in [0.2, 0.25) is 0 Å². The van der Waals surface area contributed by atoms with E-state index >= 15 is 0 Å². The van der Waals surface area contributed by atoms with Gasteiger partial charge in [0.25, 0.3) is 5.91 Å². The predicted molar refractivity (Wildman–Crippen MR) is 120 cm³/mol. The summed E-state index contributed by atoms with van der Waals surface area (Å²) in [4.78, 5) is 37.8. The lowest BCUT2D eigenvalue weighted by molar-refractivity contribution is -0.139. The predicted octanol–water partition coefficient (Wildman–Crippen LogP) is 2.51. The summed E-state index contributed by atoms with van der Waals surface area (Å²) < 4.78 is 1.97.